The van der Waals surface area contributed by atoms with E-state index in [0.717, 1.165) is 22.5 Å². The zero-order chi connectivity index (χ0) is 20.2. The van der Waals surface area contributed by atoms with E-state index in [2.05, 4.69) is 4.74 Å². The monoisotopic (exact) mass is 399 g/mol. The van der Waals surface area contributed by atoms with Gasteiger partial charge < -0.3 is 4.74 Å². The molecule has 0 aliphatic carbocycles. The van der Waals surface area contributed by atoms with Crippen LogP contribution in [-0.2, 0) is 25.7 Å². The van der Waals surface area contributed by atoms with E-state index in [-0.39, 0.29) is 10.6 Å². The van der Waals surface area contributed by atoms with Crippen LogP contribution in [0, 0.1) is 0 Å². The van der Waals surface area contributed by atoms with Gasteiger partial charge in [0, 0.05) is 13.1 Å². The number of methoxy groups -OCH3 is 1. The maximum Gasteiger partial charge on any atom is 0.416 e. The number of benzene rings is 2. The Morgan fingerprint density at radius 1 is 1.11 bits per heavy atom. The fourth-order valence-electron chi connectivity index (χ4n) is 2.16. The molecule has 2 rings (SSSR count). The van der Waals surface area contributed by atoms with Gasteiger partial charge in [0.05, 0.1) is 23.3 Å². The minimum Gasteiger partial charge on any atom is -0.466 e. The molecule has 0 saturated carbocycles. The van der Waals surface area contributed by atoms with Crippen LogP contribution in [0.25, 0.3) is 6.08 Å². The van der Waals surface area contributed by atoms with E-state index in [1.54, 1.807) is 0 Å². The van der Waals surface area contributed by atoms with Gasteiger partial charge in [-0.1, -0.05) is 18.2 Å². The lowest BCUT2D eigenvalue weighted by molar-refractivity contribution is -0.137. The predicted molar refractivity (Wildman–Crippen MR) is 94.5 cm³/mol. The third-order valence-electron chi connectivity index (χ3n) is 3.69. The molecular weight excluding hydrogens is 383 g/mol. The van der Waals surface area contributed by atoms with Gasteiger partial charge in [-0.3, -0.25) is 4.31 Å². The van der Waals surface area contributed by atoms with Gasteiger partial charge in [0.15, 0.2) is 0 Å². The second-order valence-corrected chi connectivity index (χ2v) is 7.42. The summed E-state index contributed by atoms with van der Waals surface area (Å²) in [7, 11) is -1.65. The largest absolute Gasteiger partial charge is 0.466 e. The van der Waals surface area contributed by atoms with E-state index >= 15 is 0 Å². The van der Waals surface area contributed by atoms with E-state index in [9.17, 15) is 26.4 Å². The van der Waals surface area contributed by atoms with Gasteiger partial charge in [-0.15, -0.1) is 0 Å². The van der Waals surface area contributed by atoms with Gasteiger partial charge in [0.2, 0.25) is 0 Å². The molecule has 144 valence electrons. The number of anilines is 1. The van der Waals surface area contributed by atoms with Crippen molar-refractivity contribution in [1.82, 2.24) is 0 Å². The molecule has 0 fully saturated rings. The second-order valence-electron chi connectivity index (χ2n) is 5.45. The Morgan fingerprint density at radius 2 is 1.74 bits per heavy atom. The first kappa shape index (κ1) is 20.5. The fourth-order valence-corrected chi connectivity index (χ4v) is 3.35. The van der Waals surface area contributed by atoms with Crippen LogP contribution in [-0.4, -0.2) is 28.5 Å². The molecule has 5 nitrogen and oxygen atoms in total. The summed E-state index contributed by atoms with van der Waals surface area (Å²) in [6.07, 6.45) is -1.95. The lowest BCUT2D eigenvalue weighted by atomic mass is 10.2. The highest BCUT2D eigenvalue weighted by Crippen LogP contribution is 2.32. The molecule has 0 heterocycles. The number of carbonyl (C=O) groups is 1. The van der Waals surface area contributed by atoms with Gasteiger partial charge in [0.1, 0.15) is 0 Å². The number of sulfonamides is 1. The Bertz CT molecular complexity index is 951. The zero-order valence-corrected chi connectivity index (χ0v) is 15.2. The number of ether oxygens (including phenoxy) is 1. The summed E-state index contributed by atoms with van der Waals surface area (Å²) in [6.45, 7) is 0. The Morgan fingerprint density at radius 3 is 2.30 bits per heavy atom. The summed E-state index contributed by atoms with van der Waals surface area (Å²) in [6, 6.07) is 9.59. The van der Waals surface area contributed by atoms with Crippen LogP contribution in [0.1, 0.15) is 11.1 Å². The summed E-state index contributed by atoms with van der Waals surface area (Å²) in [4.78, 5) is 11.0. The molecule has 0 bridgehead atoms. The number of alkyl halides is 3. The highest BCUT2D eigenvalue weighted by atomic mass is 32.2. The predicted octanol–water partition coefficient (Wildman–Crippen LogP) is 3.72. The van der Waals surface area contributed by atoms with Crippen molar-refractivity contribution in [2.24, 2.45) is 0 Å². The van der Waals surface area contributed by atoms with E-state index in [4.69, 9.17) is 0 Å². The van der Waals surface area contributed by atoms with Crippen LogP contribution in [0.15, 0.2) is 59.5 Å². The molecule has 0 amide bonds. The topological polar surface area (TPSA) is 63.7 Å². The van der Waals surface area contributed by atoms with Gasteiger partial charge in [-0.2, -0.15) is 13.2 Å². The van der Waals surface area contributed by atoms with Gasteiger partial charge in [-0.05, 0) is 42.0 Å². The van der Waals surface area contributed by atoms with Crippen molar-refractivity contribution in [2.75, 3.05) is 18.5 Å². The molecular formula is C18H16F3NO4S. The number of halogens is 3. The zero-order valence-electron chi connectivity index (χ0n) is 14.4. The summed E-state index contributed by atoms with van der Waals surface area (Å²) >= 11 is 0. The molecule has 0 unspecified atom stereocenters. The van der Waals surface area contributed by atoms with E-state index in [0.29, 0.717) is 5.56 Å². The van der Waals surface area contributed by atoms with Crippen molar-refractivity contribution in [2.45, 2.75) is 11.1 Å². The molecule has 0 radical (unpaired) electrons. The Kier molecular flexibility index (Phi) is 5.94. The van der Waals surface area contributed by atoms with Crippen molar-refractivity contribution in [3.63, 3.8) is 0 Å². The van der Waals surface area contributed by atoms with Crippen LogP contribution in [0.4, 0.5) is 18.9 Å². The fraction of sp³-hybridized carbons (Fsp3) is 0.167. The first-order valence-electron chi connectivity index (χ1n) is 7.58. The van der Waals surface area contributed by atoms with E-state index < -0.39 is 27.7 Å². The summed E-state index contributed by atoms with van der Waals surface area (Å²) in [5.74, 6) is -0.559. The lowest BCUT2D eigenvalue weighted by Crippen LogP contribution is -2.26. The maximum absolute atomic E-state index is 12.8. The molecule has 0 N–H and O–H groups in total. The SMILES string of the molecule is COC(=O)/C=C/c1ccc(S(=O)(=O)N(C)c2cccc(C(F)(F)F)c2)cc1. The summed E-state index contributed by atoms with van der Waals surface area (Å²) in [5, 5.41) is 0. The number of rotatable bonds is 5. The Labute approximate surface area is 154 Å². The van der Waals surface area contributed by atoms with Crippen molar-refractivity contribution < 1.29 is 31.1 Å². The first-order chi connectivity index (χ1) is 12.6. The van der Waals surface area contributed by atoms with E-state index in [1.165, 1.54) is 56.6 Å². The molecule has 0 aliphatic heterocycles. The first-order valence-corrected chi connectivity index (χ1v) is 9.02. The molecule has 0 atom stereocenters. The smallest absolute Gasteiger partial charge is 0.416 e. The minimum absolute atomic E-state index is 0.0994. The summed E-state index contributed by atoms with van der Waals surface area (Å²) < 4.78 is 69.1. The second kappa shape index (κ2) is 7.83. The standard InChI is InChI=1S/C18H16F3NO4S/c1-22(15-5-3-4-14(12-15)18(19,20)21)27(24,25)16-9-6-13(7-10-16)8-11-17(23)26-2/h3-12H,1-2H3/b11-8+. The summed E-state index contributed by atoms with van der Waals surface area (Å²) in [5.41, 5.74) is -0.495. The Hall–Kier alpha value is -2.81. The molecule has 9 heteroatoms. The quantitative estimate of drug-likeness (QED) is 0.568. The third-order valence-corrected chi connectivity index (χ3v) is 5.49. The number of esters is 1. The molecule has 2 aromatic carbocycles. The highest BCUT2D eigenvalue weighted by Gasteiger charge is 2.31. The average molecular weight is 399 g/mol. The van der Waals surface area contributed by atoms with Gasteiger partial charge in [0.25, 0.3) is 10.0 Å². The van der Waals surface area contributed by atoms with Crippen molar-refractivity contribution >= 4 is 27.8 Å². The van der Waals surface area contributed by atoms with Crippen LogP contribution in [0.3, 0.4) is 0 Å². The molecule has 0 spiro atoms. The van der Waals surface area contributed by atoms with Crippen LogP contribution < -0.4 is 4.31 Å². The average Bonchev–Trinajstić information content (AvgIpc) is 2.65. The van der Waals surface area contributed by atoms with Gasteiger partial charge in [-0.25, -0.2) is 13.2 Å². The molecule has 0 aliphatic rings. The number of nitrogens with zero attached hydrogens (tertiary/aromatic N) is 1. The highest BCUT2D eigenvalue weighted by molar-refractivity contribution is 7.92. The van der Waals surface area contributed by atoms with Gasteiger partial charge >= 0.3 is 12.1 Å². The molecule has 27 heavy (non-hydrogen) atoms. The maximum atomic E-state index is 12.8. The van der Waals surface area contributed by atoms with Crippen LogP contribution in [0.5, 0.6) is 0 Å². The van der Waals surface area contributed by atoms with Crippen molar-refractivity contribution in [1.29, 1.82) is 0 Å². The number of hydrogen-bond donors (Lipinski definition) is 0. The van der Waals surface area contributed by atoms with Crippen LogP contribution in [0.2, 0.25) is 0 Å². The van der Waals surface area contributed by atoms with E-state index in [1.807, 2.05) is 0 Å². The number of carbonyl (C=O) groups excluding carboxylic acids is 1. The third kappa shape index (κ3) is 4.88. The number of hydrogen-bond acceptors (Lipinski definition) is 4. The molecule has 0 aromatic heterocycles. The normalized spacial score (nSPS) is 12.2. The molecule has 0 saturated heterocycles. The van der Waals surface area contributed by atoms with Crippen LogP contribution >= 0.6 is 0 Å². The van der Waals surface area contributed by atoms with Crippen molar-refractivity contribution in [3.05, 3.63) is 65.7 Å². The lowest BCUT2D eigenvalue weighted by Gasteiger charge is -2.20. The van der Waals surface area contributed by atoms with Crippen molar-refractivity contribution in [3.8, 4) is 0 Å². The minimum atomic E-state index is -4.58. The Balaban J connectivity index is 2.30. The molecule has 2 aromatic rings.